The Hall–Kier alpha value is -1.83. The lowest BCUT2D eigenvalue weighted by molar-refractivity contribution is -0.211. The van der Waals surface area contributed by atoms with E-state index in [1.807, 2.05) is 26.0 Å². The van der Waals surface area contributed by atoms with Gasteiger partial charge in [0.2, 0.25) is 0 Å². The summed E-state index contributed by atoms with van der Waals surface area (Å²) >= 11 is 0. The Morgan fingerprint density at radius 3 is 2.00 bits per heavy atom. The largest absolute Gasteiger partial charge is 0.405 e. The maximum absolute atomic E-state index is 12.0. The van der Waals surface area contributed by atoms with E-state index in [1.54, 1.807) is 0 Å². The van der Waals surface area contributed by atoms with E-state index in [0.29, 0.717) is 6.61 Å². The van der Waals surface area contributed by atoms with Crippen molar-refractivity contribution in [2.24, 2.45) is 5.92 Å². The molecule has 4 unspecified atom stereocenters. The molecule has 0 amide bonds. The van der Waals surface area contributed by atoms with E-state index in [2.05, 4.69) is 69.3 Å². The van der Waals surface area contributed by atoms with Crippen molar-refractivity contribution in [2.45, 2.75) is 63.9 Å². The van der Waals surface area contributed by atoms with Gasteiger partial charge in [0, 0.05) is 0 Å². The fourth-order valence-corrected chi connectivity index (χ4v) is 9.45. The van der Waals surface area contributed by atoms with Gasteiger partial charge < -0.3 is 23.4 Å². The summed E-state index contributed by atoms with van der Waals surface area (Å²) in [7, 11) is -2.70. The molecule has 4 atom stereocenters. The Morgan fingerprint density at radius 1 is 0.968 bits per heavy atom. The summed E-state index contributed by atoms with van der Waals surface area (Å²) in [6, 6.07) is 20.9. The molecule has 0 aromatic heterocycles. The van der Waals surface area contributed by atoms with Crippen LogP contribution in [0.5, 0.6) is 0 Å². The number of hydrogen-bond acceptors (Lipinski definition) is 5. The topological polar surface area (TPSA) is 54.0 Å². The minimum Gasteiger partial charge on any atom is -0.405 e. The van der Waals surface area contributed by atoms with Crippen molar-refractivity contribution in [1.29, 1.82) is 0 Å². The van der Waals surface area contributed by atoms with Gasteiger partial charge in [-0.3, -0.25) is 0 Å². The van der Waals surface area contributed by atoms with E-state index in [0.717, 1.165) is 6.29 Å². The fourth-order valence-electron chi connectivity index (χ4n) is 4.88. The molecule has 2 saturated heterocycles. The van der Waals surface area contributed by atoms with Crippen molar-refractivity contribution >= 4 is 25.0 Å². The van der Waals surface area contributed by atoms with Crippen LogP contribution in [0.2, 0.25) is 5.04 Å². The number of carbonyl (C=O) groups excluding carboxylic acids is 1. The first kappa shape index (κ1) is 22.4. The van der Waals surface area contributed by atoms with Crippen LogP contribution in [0.3, 0.4) is 0 Å². The molecule has 2 fully saturated rings. The first-order valence-electron chi connectivity index (χ1n) is 10.9. The number of hydrogen-bond donors (Lipinski definition) is 0. The van der Waals surface area contributed by atoms with Crippen LogP contribution in [-0.4, -0.2) is 45.5 Å². The lowest BCUT2D eigenvalue weighted by Gasteiger charge is -2.43. The minimum absolute atomic E-state index is 0.143. The highest BCUT2D eigenvalue weighted by Crippen LogP contribution is 2.42. The van der Waals surface area contributed by atoms with Crippen molar-refractivity contribution in [3.8, 4) is 0 Å². The number of benzene rings is 2. The summed E-state index contributed by atoms with van der Waals surface area (Å²) < 4.78 is 24.9. The van der Waals surface area contributed by atoms with Crippen molar-refractivity contribution in [2.75, 3.05) is 6.61 Å². The number of rotatable bonds is 6. The van der Waals surface area contributed by atoms with Crippen molar-refractivity contribution in [3.05, 3.63) is 60.7 Å². The smallest absolute Gasteiger partial charge is 0.261 e. The third kappa shape index (κ3) is 4.03. The van der Waals surface area contributed by atoms with E-state index >= 15 is 0 Å². The standard InChI is InChI=1S/C25H32O5Si/c1-24(2,3)31(18-12-8-6-9-13-18,19-14-10-7-11-15-19)27-17-21-20(16-26)22-23(28-21)30-25(4,5)29-22/h6-16,20-23H,17H2,1-5H3. The molecule has 2 aromatic rings. The summed E-state index contributed by atoms with van der Waals surface area (Å²) in [6.45, 7) is 10.7. The lowest BCUT2D eigenvalue weighted by atomic mass is 10.0. The van der Waals surface area contributed by atoms with Crippen LogP contribution in [-0.2, 0) is 23.4 Å². The van der Waals surface area contributed by atoms with E-state index in [9.17, 15) is 4.79 Å². The van der Waals surface area contributed by atoms with E-state index in [-0.39, 0.29) is 5.04 Å². The molecule has 0 N–H and O–H groups in total. The average Bonchev–Trinajstić information content (AvgIpc) is 3.19. The SMILES string of the molecule is CC1(C)OC2OC(CO[Si](c3ccccc3)(c3ccccc3)C(C)(C)C)C(C=O)C2O1. The molecular formula is C25H32O5Si. The summed E-state index contributed by atoms with van der Waals surface area (Å²) in [4.78, 5) is 12.0. The molecule has 2 heterocycles. The number of aldehydes is 1. The molecule has 2 aliphatic heterocycles. The van der Waals surface area contributed by atoms with E-state index < -0.39 is 38.5 Å². The van der Waals surface area contributed by atoms with Crippen LogP contribution >= 0.6 is 0 Å². The van der Waals surface area contributed by atoms with Crippen molar-refractivity contribution in [3.63, 3.8) is 0 Å². The monoisotopic (exact) mass is 440 g/mol. The number of ether oxygens (including phenoxy) is 3. The van der Waals surface area contributed by atoms with Crippen LogP contribution in [0.1, 0.15) is 34.6 Å². The lowest BCUT2D eigenvalue weighted by Crippen LogP contribution is -2.67. The van der Waals surface area contributed by atoms with Gasteiger partial charge in [-0.2, -0.15) is 0 Å². The van der Waals surface area contributed by atoms with Gasteiger partial charge in [-0.05, 0) is 29.3 Å². The van der Waals surface area contributed by atoms with Crippen LogP contribution < -0.4 is 10.4 Å². The summed E-state index contributed by atoms with van der Waals surface area (Å²) in [5, 5.41) is 2.25. The molecule has 0 aliphatic carbocycles. The zero-order valence-corrected chi connectivity index (χ0v) is 19.9. The second kappa shape index (κ2) is 8.26. The molecule has 0 saturated carbocycles. The maximum atomic E-state index is 12.0. The summed E-state index contributed by atoms with van der Waals surface area (Å²) in [5.74, 6) is -1.18. The van der Waals surface area contributed by atoms with Crippen molar-refractivity contribution < 1.29 is 23.4 Å². The van der Waals surface area contributed by atoms with Gasteiger partial charge in [0.1, 0.15) is 12.4 Å². The van der Waals surface area contributed by atoms with Gasteiger partial charge in [0.25, 0.3) is 8.32 Å². The van der Waals surface area contributed by atoms with Gasteiger partial charge in [-0.15, -0.1) is 0 Å². The molecule has 4 rings (SSSR count). The average molecular weight is 441 g/mol. The Labute approximate surface area is 185 Å². The highest BCUT2D eigenvalue weighted by molar-refractivity contribution is 6.99. The maximum Gasteiger partial charge on any atom is 0.261 e. The number of fused-ring (bicyclic) bond motifs is 1. The summed E-state index contributed by atoms with van der Waals surface area (Å²) in [5.41, 5.74) is 0. The molecule has 0 radical (unpaired) electrons. The second-order valence-corrected chi connectivity index (χ2v) is 14.1. The Morgan fingerprint density at radius 2 is 1.52 bits per heavy atom. The van der Waals surface area contributed by atoms with Crippen molar-refractivity contribution in [1.82, 2.24) is 0 Å². The van der Waals surface area contributed by atoms with Crippen LogP contribution in [0.4, 0.5) is 0 Å². The zero-order chi connectivity index (χ0) is 22.3. The molecular weight excluding hydrogens is 408 g/mol. The van der Waals surface area contributed by atoms with Crippen LogP contribution in [0.15, 0.2) is 60.7 Å². The summed E-state index contributed by atoms with van der Waals surface area (Å²) in [6.07, 6.45) is -0.433. The quantitative estimate of drug-likeness (QED) is 0.510. The Kier molecular flexibility index (Phi) is 5.96. The van der Waals surface area contributed by atoms with Gasteiger partial charge in [-0.1, -0.05) is 81.4 Å². The molecule has 6 heteroatoms. The van der Waals surface area contributed by atoms with Crippen LogP contribution in [0, 0.1) is 5.92 Å². The Bertz CT molecular complexity index is 854. The molecule has 31 heavy (non-hydrogen) atoms. The molecule has 0 bridgehead atoms. The second-order valence-electron chi connectivity index (χ2n) is 9.83. The minimum atomic E-state index is -2.70. The third-order valence-electron chi connectivity index (χ3n) is 6.24. The zero-order valence-electron chi connectivity index (χ0n) is 18.9. The van der Waals surface area contributed by atoms with E-state index in [4.69, 9.17) is 18.6 Å². The van der Waals surface area contributed by atoms with Crippen LogP contribution in [0.25, 0.3) is 0 Å². The first-order valence-corrected chi connectivity index (χ1v) is 12.8. The molecule has 2 aliphatic rings. The normalized spacial score (nSPS) is 27.8. The van der Waals surface area contributed by atoms with Gasteiger partial charge in [0.05, 0.1) is 18.6 Å². The first-order chi connectivity index (χ1) is 14.7. The third-order valence-corrected chi connectivity index (χ3v) is 11.2. The predicted molar refractivity (Wildman–Crippen MR) is 122 cm³/mol. The Balaban J connectivity index is 1.67. The molecule has 166 valence electrons. The van der Waals surface area contributed by atoms with Gasteiger partial charge in [0.15, 0.2) is 12.1 Å². The molecule has 5 nitrogen and oxygen atoms in total. The number of carbonyl (C=O) groups is 1. The van der Waals surface area contributed by atoms with Gasteiger partial charge >= 0.3 is 0 Å². The highest BCUT2D eigenvalue weighted by Gasteiger charge is 2.56. The fraction of sp³-hybridized carbons (Fsp3) is 0.480. The highest BCUT2D eigenvalue weighted by atomic mass is 28.4. The van der Waals surface area contributed by atoms with E-state index in [1.165, 1.54) is 10.4 Å². The molecule has 0 spiro atoms. The molecule has 2 aromatic carbocycles. The predicted octanol–water partition coefficient (Wildman–Crippen LogP) is 3.25. The van der Waals surface area contributed by atoms with Gasteiger partial charge in [-0.25, -0.2) is 0 Å².